The van der Waals surface area contributed by atoms with Gasteiger partial charge in [-0.05, 0) is 18.2 Å². The molecule has 156 valence electrons. The molecule has 1 amide bonds. The fraction of sp³-hybridized carbons (Fsp3) is 0.0417. The number of nitrogens with one attached hydrogen (secondary N) is 2. The van der Waals surface area contributed by atoms with Crippen LogP contribution in [0.3, 0.4) is 0 Å². The molecule has 8 nitrogen and oxygen atoms in total. The van der Waals surface area contributed by atoms with E-state index in [1.165, 1.54) is 12.1 Å². The number of fused-ring (bicyclic) bond motifs is 2. The minimum absolute atomic E-state index is 0.0200. The number of carbonyl (C=O) groups excluding carboxylic acids is 1. The highest BCUT2D eigenvalue weighted by Crippen LogP contribution is 2.25. The molecule has 0 aliphatic rings. The van der Waals surface area contributed by atoms with Crippen molar-refractivity contribution in [3.8, 4) is 11.3 Å². The van der Waals surface area contributed by atoms with Crippen molar-refractivity contribution in [1.82, 2.24) is 20.3 Å². The SMILES string of the molecule is O=C(NCc1nc2ccc([N+](=O)[O-])cc2[nH]1)c1cc(-c2ccccc2)nc2ccccc12. The molecule has 0 radical (unpaired) electrons. The summed E-state index contributed by atoms with van der Waals surface area (Å²) in [5.74, 6) is 0.253. The van der Waals surface area contributed by atoms with Gasteiger partial charge in [-0.25, -0.2) is 9.97 Å². The summed E-state index contributed by atoms with van der Waals surface area (Å²) in [4.78, 5) is 35.8. The highest BCUT2D eigenvalue weighted by atomic mass is 16.6. The Morgan fingerprint density at radius 2 is 1.72 bits per heavy atom. The number of H-pyrrole nitrogens is 1. The van der Waals surface area contributed by atoms with Gasteiger partial charge in [0.2, 0.25) is 0 Å². The number of hydrogen-bond donors (Lipinski definition) is 2. The Kier molecular flexibility index (Phi) is 4.79. The quantitative estimate of drug-likeness (QED) is 0.316. The average Bonchev–Trinajstić information content (AvgIpc) is 3.24. The van der Waals surface area contributed by atoms with Crippen molar-refractivity contribution in [2.75, 3.05) is 0 Å². The van der Waals surface area contributed by atoms with E-state index in [4.69, 9.17) is 4.98 Å². The number of nitrogens with zero attached hydrogens (tertiary/aromatic N) is 3. The van der Waals surface area contributed by atoms with Gasteiger partial charge in [-0.3, -0.25) is 14.9 Å². The topological polar surface area (TPSA) is 114 Å². The second-order valence-corrected chi connectivity index (χ2v) is 7.26. The van der Waals surface area contributed by atoms with Crippen LogP contribution >= 0.6 is 0 Å². The van der Waals surface area contributed by atoms with E-state index in [0.29, 0.717) is 28.1 Å². The highest BCUT2D eigenvalue weighted by molar-refractivity contribution is 6.07. The third-order valence-corrected chi connectivity index (χ3v) is 5.17. The summed E-state index contributed by atoms with van der Waals surface area (Å²) in [6.45, 7) is 0.151. The van der Waals surface area contributed by atoms with Gasteiger partial charge in [0.15, 0.2) is 0 Å². The zero-order valence-electron chi connectivity index (χ0n) is 16.8. The van der Waals surface area contributed by atoms with Crippen molar-refractivity contribution >= 4 is 33.5 Å². The molecule has 0 fully saturated rings. The van der Waals surface area contributed by atoms with Crippen LogP contribution in [0.1, 0.15) is 16.2 Å². The number of nitro groups is 1. The number of non-ortho nitro benzene ring substituents is 1. The van der Waals surface area contributed by atoms with E-state index in [2.05, 4.69) is 15.3 Å². The van der Waals surface area contributed by atoms with Crippen LogP contribution in [0.25, 0.3) is 33.2 Å². The van der Waals surface area contributed by atoms with Crippen molar-refractivity contribution in [2.45, 2.75) is 6.54 Å². The number of benzene rings is 3. The van der Waals surface area contributed by atoms with Gasteiger partial charge in [0.05, 0.1) is 39.3 Å². The van der Waals surface area contributed by atoms with E-state index in [1.54, 1.807) is 12.1 Å². The summed E-state index contributed by atoms with van der Waals surface area (Å²) in [5, 5.41) is 14.6. The monoisotopic (exact) mass is 423 g/mol. The Morgan fingerprint density at radius 1 is 0.938 bits per heavy atom. The standard InChI is InChI=1S/C24H17N5O3/c30-24(25-14-23-27-20-11-10-16(29(31)32)12-22(20)28-23)18-13-21(15-6-2-1-3-7-15)26-19-9-5-4-8-17(18)19/h1-13H,14H2,(H,25,30)(H,27,28). The molecule has 0 spiro atoms. The largest absolute Gasteiger partial charge is 0.345 e. The van der Waals surface area contributed by atoms with Crippen molar-refractivity contribution in [1.29, 1.82) is 0 Å². The molecule has 0 saturated heterocycles. The average molecular weight is 423 g/mol. The molecular formula is C24H17N5O3. The van der Waals surface area contributed by atoms with Crippen LogP contribution in [0.15, 0.2) is 78.9 Å². The van der Waals surface area contributed by atoms with Crippen LogP contribution in [-0.2, 0) is 6.54 Å². The molecule has 5 rings (SSSR count). The minimum Gasteiger partial charge on any atom is -0.345 e. The van der Waals surface area contributed by atoms with Crippen molar-refractivity contribution in [3.05, 3.63) is 100 Å². The number of rotatable bonds is 5. The molecule has 0 unspecified atom stereocenters. The zero-order chi connectivity index (χ0) is 22.1. The van der Waals surface area contributed by atoms with E-state index in [9.17, 15) is 14.9 Å². The minimum atomic E-state index is -0.458. The number of nitro benzene ring substituents is 1. The normalized spacial score (nSPS) is 11.0. The number of pyridine rings is 1. The van der Waals surface area contributed by atoms with Crippen LogP contribution in [0.4, 0.5) is 5.69 Å². The van der Waals surface area contributed by atoms with Gasteiger partial charge in [0.1, 0.15) is 5.82 Å². The summed E-state index contributed by atoms with van der Waals surface area (Å²) in [6.07, 6.45) is 0. The molecule has 0 aliphatic heterocycles. The summed E-state index contributed by atoms with van der Waals surface area (Å²) in [7, 11) is 0. The van der Waals surface area contributed by atoms with Crippen LogP contribution < -0.4 is 5.32 Å². The molecule has 2 heterocycles. The third-order valence-electron chi connectivity index (χ3n) is 5.17. The number of imidazole rings is 1. The van der Waals surface area contributed by atoms with Gasteiger partial charge < -0.3 is 10.3 Å². The van der Waals surface area contributed by atoms with Gasteiger partial charge in [-0.2, -0.15) is 0 Å². The van der Waals surface area contributed by atoms with Crippen molar-refractivity contribution < 1.29 is 9.72 Å². The predicted molar refractivity (Wildman–Crippen MR) is 121 cm³/mol. The third kappa shape index (κ3) is 3.65. The molecule has 0 atom stereocenters. The Bertz CT molecular complexity index is 1480. The maximum Gasteiger partial charge on any atom is 0.271 e. The number of aromatic nitrogens is 3. The molecule has 2 aromatic heterocycles. The van der Waals surface area contributed by atoms with Gasteiger partial charge in [0, 0.05) is 23.1 Å². The maximum atomic E-state index is 13.1. The summed E-state index contributed by atoms with van der Waals surface area (Å²) in [5.41, 5.74) is 4.01. The Balaban J connectivity index is 1.45. The molecule has 2 N–H and O–H groups in total. The van der Waals surface area contributed by atoms with Crippen LogP contribution in [0.5, 0.6) is 0 Å². The molecule has 8 heteroatoms. The van der Waals surface area contributed by atoms with Crippen LogP contribution in [0, 0.1) is 10.1 Å². The fourth-order valence-electron chi connectivity index (χ4n) is 3.63. The Hall–Kier alpha value is -4.59. The number of amides is 1. The van der Waals surface area contributed by atoms with E-state index in [1.807, 2.05) is 54.6 Å². The molecule has 0 saturated carbocycles. The van der Waals surface area contributed by atoms with E-state index in [-0.39, 0.29) is 18.1 Å². The maximum absolute atomic E-state index is 13.1. The zero-order valence-corrected chi connectivity index (χ0v) is 16.8. The number of hydrogen-bond acceptors (Lipinski definition) is 5. The fourth-order valence-corrected chi connectivity index (χ4v) is 3.63. The van der Waals surface area contributed by atoms with E-state index >= 15 is 0 Å². The lowest BCUT2D eigenvalue weighted by Crippen LogP contribution is -2.23. The molecule has 3 aromatic carbocycles. The predicted octanol–water partition coefficient (Wildman–Crippen LogP) is 4.62. The van der Waals surface area contributed by atoms with E-state index in [0.717, 1.165) is 16.5 Å². The van der Waals surface area contributed by atoms with Crippen LogP contribution in [-0.4, -0.2) is 25.8 Å². The molecule has 0 bridgehead atoms. The first kappa shape index (κ1) is 19.4. The first-order valence-electron chi connectivity index (χ1n) is 9.95. The van der Waals surface area contributed by atoms with Crippen LogP contribution in [0.2, 0.25) is 0 Å². The molecule has 32 heavy (non-hydrogen) atoms. The molecular weight excluding hydrogens is 406 g/mol. The number of aromatic amines is 1. The highest BCUT2D eigenvalue weighted by Gasteiger charge is 2.15. The van der Waals surface area contributed by atoms with Gasteiger partial charge in [-0.1, -0.05) is 48.5 Å². The smallest absolute Gasteiger partial charge is 0.271 e. The molecule has 0 aliphatic carbocycles. The second-order valence-electron chi connectivity index (χ2n) is 7.26. The number of carbonyl (C=O) groups is 1. The lowest BCUT2D eigenvalue weighted by atomic mass is 10.0. The van der Waals surface area contributed by atoms with E-state index < -0.39 is 4.92 Å². The lowest BCUT2D eigenvalue weighted by molar-refractivity contribution is -0.384. The number of para-hydroxylation sites is 1. The molecule has 5 aromatic rings. The first-order chi connectivity index (χ1) is 15.6. The van der Waals surface area contributed by atoms with Gasteiger partial charge in [0.25, 0.3) is 11.6 Å². The second kappa shape index (κ2) is 7.92. The summed E-state index contributed by atoms with van der Waals surface area (Å²) >= 11 is 0. The summed E-state index contributed by atoms with van der Waals surface area (Å²) < 4.78 is 0. The van der Waals surface area contributed by atoms with Gasteiger partial charge >= 0.3 is 0 Å². The van der Waals surface area contributed by atoms with Crippen molar-refractivity contribution in [2.24, 2.45) is 0 Å². The lowest BCUT2D eigenvalue weighted by Gasteiger charge is -2.10. The Morgan fingerprint density at radius 3 is 2.53 bits per heavy atom. The Labute approximate surface area is 182 Å². The first-order valence-corrected chi connectivity index (χ1v) is 9.95. The van der Waals surface area contributed by atoms with Gasteiger partial charge in [-0.15, -0.1) is 0 Å². The van der Waals surface area contributed by atoms with Crippen molar-refractivity contribution in [3.63, 3.8) is 0 Å². The summed E-state index contributed by atoms with van der Waals surface area (Å²) in [6, 6.07) is 23.4.